The predicted molar refractivity (Wildman–Crippen MR) is 133 cm³/mol. The number of rotatable bonds is 8. The number of aromatic nitrogens is 4. The van der Waals surface area contributed by atoms with Crippen LogP contribution in [-0.4, -0.2) is 77.1 Å². The third kappa shape index (κ3) is 4.96. The van der Waals surface area contributed by atoms with Crippen LogP contribution in [0.15, 0.2) is 6.07 Å². The molecule has 0 spiro atoms. The van der Waals surface area contributed by atoms with Gasteiger partial charge in [0.25, 0.3) is 0 Å². The van der Waals surface area contributed by atoms with Gasteiger partial charge < -0.3 is 20.1 Å². The van der Waals surface area contributed by atoms with Crippen LogP contribution >= 0.6 is 0 Å². The maximum absolute atomic E-state index is 12.9. The fourth-order valence-electron chi connectivity index (χ4n) is 5.66. The molecule has 192 valence electrons. The summed E-state index contributed by atoms with van der Waals surface area (Å²) in [6.07, 6.45) is 4.94. The van der Waals surface area contributed by atoms with E-state index >= 15 is 0 Å². The van der Waals surface area contributed by atoms with E-state index in [9.17, 15) is 8.42 Å². The fraction of sp³-hybridized carbons (Fsp3) is 0.696. The number of fused-ring (bicyclic) bond motifs is 2. The average molecular weight is 506 g/mol. The van der Waals surface area contributed by atoms with E-state index in [1.165, 1.54) is 0 Å². The number of aromatic amines is 1. The lowest BCUT2D eigenvalue weighted by molar-refractivity contribution is 0.106. The molecule has 1 unspecified atom stereocenters. The Hall–Kier alpha value is -2.44. The van der Waals surface area contributed by atoms with Crippen molar-refractivity contribution in [2.75, 3.05) is 36.6 Å². The topological polar surface area (TPSA) is 134 Å². The minimum Gasteiger partial charge on any atom is -0.471 e. The number of aryl methyl sites for hydroxylation is 1. The van der Waals surface area contributed by atoms with Gasteiger partial charge in [0.05, 0.1) is 24.5 Å². The molecule has 0 aromatic carbocycles. The molecule has 12 heteroatoms. The zero-order valence-electron chi connectivity index (χ0n) is 20.6. The Kier molecular flexibility index (Phi) is 6.86. The molecule has 2 aromatic rings. The average Bonchev–Trinajstić information content (AvgIpc) is 3.49. The molecular weight excluding hydrogens is 470 g/mol. The van der Waals surface area contributed by atoms with Gasteiger partial charge in [0.2, 0.25) is 21.9 Å². The van der Waals surface area contributed by atoms with Crippen LogP contribution in [0.1, 0.15) is 62.6 Å². The first-order chi connectivity index (χ1) is 16.9. The van der Waals surface area contributed by atoms with Gasteiger partial charge in [0.1, 0.15) is 11.9 Å². The van der Waals surface area contributed by atoms with Crippen molar-refractivity contribution >= 4 is 27.6 Å². The van der Waals surface area contributed by atoms with Crippen LogP contribution in [0.4, 0.5) is 17.6 Å². The normalized spacial score (nSPS) is 27.1. The molecular formula is C23H35N7O4S. The Morgan fingerprint density at radius 2 is 2.00 bits per heavy atom. The van der Waals surface area contributed by atoms with Gasteiger partial charge in [-0.1, -0.05) is 6.42 Å². The highest BCUT2D eigenvalue weighted by Crippen LogP contribution is 2.47. The Morgan fingerprint density at radius 3 is 2.60 bits per heavy atom. The van der Waals surface area contributed by atoms with Crippen molar-refractivity contribution in [3.8, 4) is 5.88 Å². The highest BCUT2D eigenvalue weighted by atomic mass is 32.2. The van der Waals surface area contributed by atoms with Crippen molar-refractivity contribution in [3.63, 3.8) is 0 Å². The fourth-order valence-corrected chi connectivity index (χ4v) is 7.25. The number of nitrogens with one attached hydrogen (secondary N) is 3. The second-order valence-corrected chi connectivity index (χ2v) is 11.8. The van der Waals surface area contributed by atoms with E-state index in [2.05, 4.69) is 20.8 Å². The number of nitrogens with zero attached hydrogens (tertiary/aromatic N) is 4. The van der Waals surface area contributed by atoms with E-state index in [1.807, 2.05) is 13.0 Å². The van der Waals surface area contributed by atoms with Crippen LogP contribution in [0, 0.1) is 6.92 Å². The summed E-state index contributed by atoms with van der Waals surface area (Å²) in [6.45, 7) is 4.86. The van der Waals surface area contributed by atoms with Gasteiger partial charge in [-0.2, -0.15) is 19.4 Å². The maximum atomic E-state index is 12.9. The molecule has 5 rings (SSSR count). The summed E-state index contributed by atoms with van der Waals surface area (Å²) in [4.78, 5) is 9.47. The molecule has 3 fully saturated rings. The smallest absolute Gasteiger partial charge is 0.227 e. The zero-order valence-corrected chi connectivity index (χ0v) is 21.4. The monoisotopic (exact) mass is 505 g/mol. The molecule has 3 saturated heterocycles. The third-order valence-corrected chi connectivity index (χ3v) is 9.22. The van der Waals surface area contributed by atoms with Crippen LogP contribution in [0.5, 0.6) is 5.88 Å². The lowest BCUT2D eigenvalue weighted by Crippen LogP contribution is -2.54. The van der Waals surface area contributed by atoms with Crippen LogP contribution in [-0.2, 0) is 14.8 Å². The first kappa shape index (κ1) is 24.3. The number of hydrogen-bond donors (Lipinski definition) is 3. The lowest BCUT2D eigenvalue weighted by Gasteiger charge is -2.48. The molecule has 4 atom stereocenters. The number of H-pyrrole nitrogens is 1. The number of piperidine rings is 2. The second-order valence-electron chi connectivity index (χ2n) is 9.67. The van der Waals surface area contributed by atoms with Crippen molar-refractivity contribution in [1.82, 2.24) is 24.5 Å². The van der Waals surface area contributed by atoms with Crippen molar-refractivity contribution in [3.05, 3.63) is 17.3 Å². The zero-order chi connectivity index (χ0) is 24.6. The van der Waals surface area contributed by atoms with E-state index in [1.54, 1.807) is 18.3 Å². The molecule has 0 saturated carbocycles. The molecule has 0 aliphatic carbocycles. The van der Waals surface area contributed by atoms with E-state index in [-0.39, 0.29) is 29.9 Å². The van der Waals surface area contributed by atoms with Crippen molar-refractivity contribution < 1.29 is 17.9 Å². The van der Waals surface area contributed by atoms with Gasteiger partial charge >= 0.3 is 0 Å². The Morgan fingerprint density at radius 1 is 1.23 bits per heavy atom. The van der Waals surface area contributed by atoms with Crippen LogP contribution in [0.2, 0.25) is 0 Å². The first-order valence-electron chi connectivity index (χ1n) is 12.5. The Labute approximate surface area is 206 Å². The van der Waals surface area contributed by atoms with E-state index in [0.29, 0.717) is 49.5 Å². The van der Waals surface area contributed by atoms with E-state index < -0.39 is 10.0 Å². The summed E-state index contributed by atoms with van der Waals surface area (Å²) in [7, 11) is -1.49. The Bertz CT molecular complexity index is 1130. The summed E-state index contributed by atoms with van der Waals surface area (Å²) < 4.78 is 39.6. The molecule has 2 aromatic heterocycles. The molecule has 0 radical (unpaired) electrons. The van der Waals surface area contributed by atoms with Crippen molar-refractivity contribution in [2.45, 2.75) is 76.5 Å². The summed E-state index contributed by atoms with van der Waals surface area (Å²) >= 11 is 0. The number of ether oxygens (including phenoxy) is 2. The minimum atomic E-state index is -3.27. The molecule has 3 N–H and O–H groups in total. The van der Waals surface area contributed by atoms with Crippen LogP contribution < -0.4 is 15.4 Å². The minimum absolute atomic E-state index is 0.0235. The van der Waals surface area contributed by atoms with Gasteiger partial charge in [-0.25, -0.2) is 8.42 Å². The van der Waals surface area contributed by atoms with Gasteiger partial charge in [0.15, 0.2) is 5.82 Å². The van der Waals surface area contributed by atoms with Crippen molar-refractivity contribution in [1.29, 1.82) is 0 Å². The summed E-state index contributed by atoms with van der Waals surface area (Å²) in [6, 6.07) is 1.87. The van der Waals surface area contributed by atoms with Gasteiger partial charge in [0, 0.05) is 37.3 Å². The molecule has 5 heterocycles. The summed E-state index contributed by atoms with van der Waals surface area (Å²) in [5, 5.41) is 13.7. The summed E-state index contributed by atoms with van der Waals surface area (Å²) in [5.41, 5.74) is 1.83. The SMILES string of the molecule is CCS(=O)(=O)N1[C@@H]2CCC[C@H]1CC(c1c(Nc3cc(C)[nH]n3)nc(NC)nc1O[C@@H]1CCOC1)C2. The van der Waals surface area contributed by atoms with Crippen LogP contribution in [0.25, 0.3) is 0 Å². The molecule has 11 nitrogen and oxygen atoms in total. The van der Waals surface area contributed by atoms with Gasteiger partial charge in [-0.05, 0) is 45.4 Å². The van der Waals surface area contributed by atoms with E-state index in [4.69, 9.17) is 19.4 Å². The van der Waals surface area contributed by atoms with E-state index in [0.717, 1.165) is 36.9 Å². The maximum Gasteiger partial charge on any atom is 0.227 e. The quantitative estimate of drug-likeness (QED) is 0.495. The standard InChI is InChI=1S/C23H35N7O4S/c1-4-35(31,32)30-16-6-5-7-17(30)12-15(11-16)20-21(25-19-10-14(2)28-29-19)26-23(24-3)27-22(20)34-18-8-9-33-13-18/h10,15-18H,4-9,11-13H2,1-3H3,(H3,24,25,26,27,28,29)/t15?,16-,17+,18-/m1/s1. The largest absolute Gasteiger partial charge is 0.471 e. The Balaban J connectivity index is 1.55. The van der Waals surface area contributed by atoms with Gasteiger partial charge in [-0.15, -0.1) is 0 Å². The lowest BCUT2D eigenvalue weighted by atomic mass is 9.77. The molecule has 2 bridgehead atoms. The predicted octanol–water partition coefficient (Wildman–Crippen LogP) is 2.91. The molecule has 35 heavy (non-hydrogen) atoms. The summed E-state index contributed by atoms with van der Waals surface area (Å²) in [5.74, 6) is 2.46. The highest BCUT2D eigenvalue weighted by Gasteiger charge is 2.45. The third-order valence-electron chi connectivity index (χ3n) is 7.25. The molecule has 3 aliphatic heterocycles. The number of hydrogen-bond acceptors (Lipinski definition) is 9. The van der Waals surface area contributed by atoms with Gasteiger partial charge in [-0.3, -0.25) is 5.10 Å². The molecule has 0 amide bonds. The molecule has 3 aliphatic rings. The van der Waals surface area contributed by atoms with Crippen LogP contribution in [0.3, 0.4) is 0 Å². The number of anilines is 3. The first-order valence-corrected chi connectivity index (χ1v) is 14.1. The second kappa shape index (κ2) is 9.90. The number of sulfonamides is 1. The highest BCUT2D eigenvalue weighted by molar-refractivity contribution is 7.89. The van der Waals surface area contributed by atoms with Crippen molar-refractivity contribution in [2.24, 2.45) is 0 Å².